The van der Waals surface area contributed by atoms with Crippen LogP contribution in [-0.4, -0.2) is 121 Å². The summed E-state index contributed by atoms with van der Waals surface area (Å²) in [5, 5.41) is 55.5. The second-order valence-corrected chi connectivity index (χ2v) is 21.6. The molecule has 4 bridgehead atoms. The number of rotatable bonds is 13. The summed E-state index contributed by atoms with van der Waals surface area (Å²) in [5.74, 6) is -0.917. The highest BCUT2D eigenvalue weighted by Crippen LogP contribution is 2.73. The number of amides is 1. The van der Waals surface area contributed by atoms with Gasteiger partial charge >= 0.3 is 0 Å². The SMILES string of the molecule is CC(C)=CCCC1(C)C=Cc2c(c(CC=C(C)C)c3c(c2O[C@H]2O[C@@H](CO)[C@H](O)[C@@H](O)[C@@H]2O)C2=Nc4ccccc4SC4C5CC6C(C)(C)OC(CC=C(C)C(=O)NCCO)(C5=O)C6(O3)C24)O1. The normalized spacial score (nSPS) is 34.8. The minimum Gasteiger partial charge on any atom is -0.482 e. The number of aliphatic hydroxyl groups excluding tert-OH is 5. The third kappa shape index (κ3) is 7.63. The Kier molecular flexibility index (Phi) is 12.5. The molecule has 10 rings (SSSR count). The number of carbonyl (C=O) groups is 2. The molecule has 14 nitrogen and oxygen atoms in total. The van der Waals surface area contributed by atoms with E-state index in [2.05, 4.69) is 31.3 Å². The summed E-state index contributed by atoms with van der Waals surface area (Å²) >= 11 is 1.60. The van der Waals surface area contributed by atoms with Gasteiger partial charge in [-0.3, -0.25) is 14.6 Å². The van der Waals surface area contributed by atoms with Crippen molar-refractivity contribution in [2.24, 2.45) is 22.7 Å². The van der Waals surface area contributed by atoms with Crippen LogP contribution in [0.3, 0.4) is 0 Å². The zero-order chi connectivity index (χ0) is 48.0. The van der Waals surface area contributed by atoms with Gasteiger partial charge in [-0.25, -0.2) is 0 Å². The van der Waals surface area contributed by atoms with Gasteiger partial charge in [-0.15, -0.1) is 11.8 Å². The molecule has 67 heavy (non-hydrogen) atoms. The Morgan fingerprint density at radius 3 is 2.43 bits per heavy atom. The highest BCUT2D eigenvalue weighted by atomic mass is 32.2. The van der Waals surface area contributed by atoms with E-state index >= 15 is 4.79 Å². The zero-order valence-electron chi connectivity index (χ0n) is 39.5. The molecule has 3 aliphatic carbocycles. The molecular weight excluding hydrogens is 877 g/mol. The van der Waals surface area contributed by atoms with E-state index in [9.17, 15) is 30.3 Å². The monoisotopic (exact) mass is 940 g/mol. The minimum absolute atomic E-state index is 0.0221. The van der Waals surface area contributed by atoms with E-state index in [1.165, 1.54) is 5.57 Å². The molecule has 2 saturated heterocycles. The minimum atomic E-state index is -1.74. The topological polar surface area (TPSA) is 206 Å². The number of hydrogen-bond donors (Lipinski definition) is 6. The van der Waals surface area contributed by atoms with Crippen molar-refractivity contribution in [3.63, 3.8) is 0 Å². The van der Waals surface area contributed by atoms with Gasteiger partial charge in [0.25, 0.3) is 0 Å². The number of fused-ring (bicyclic) bond motifs is 4. The van der Waals surface area contributed by atoms with Crippen LogP contribution in [0.5, 0.6) is 17.2 Å². The van der Waals surface area contributed by atoms with Crippen LogP contribution in [-0.2, 0) is 25.5 Å². The lowest BCUT2D eigenvalue weighted by Gasteiger charge is -2.63. The average Bonchev–Trinajstić information content (AvgIpc) is 3.36. The number of nitrogens with one attached hydrogen (secondary N) is 1. The lowest BCUT2D eigenvalue weighted by molar-refractivity contribution is -0.277. The Balaban J connectivity index is 1.35. The van der Waals surface area contributed by atoms with Crippen molar-refractivity contribution in [2.75, 3.05) is 19.8 Å². The first-order valence-corrected chi connectivity index (χ1v) is 24.4. The van der Waals surface area contributed by atoms with Crippen LogP contribution in [0, 0.1) is 17.8 Å². The fourth-order valence-corrected chi connectivity index (χ4v) is 13.2. The first-order valence-electron chi connectivity index (χ1n) is 23.5. The molecule has 2 aromatic carbocycles. The summed E-state index contributed by atoms with van der Waals surface area (Å²) in [7, 11) is 0. The molecule has 5 aliphatic heterocycles. The Morgan fingerprint density at radius 2 is 1.72 bits per heavy atom. The molecule has 360 valence electrons. The van der Waals surface area contributed by atoms with Crippen molar-refractivity contribution in [3.8, 4) is 17.2 Å². The Hall–Kier alpha value is -4.32. The second kappa shape index (κ2) is 17.6. The number of allylic oxidation sites excluding steroid dienone is 4. The van der Waals surface area contributed by atoms with Crippen LogP contribution in [0.4, 0.5) is 5.69 Å². The van der Waals surface area contributed by atoms with Crippen molar-refractivity contribution in [2.45, 2.75) is 151 Å². The molecule has 15 heteroatoms. The van der Waals surface area contributed by atoms with Gasteiger partial charge < -0.3 is 54.5 Å². The van der Waals surface area contributed by atoms with Crippen LogP contribution in [0.15, 0.2) is 75.2 Å². The second-order valence-electron chi connectivity index (χ2n) is 20.4. The van der Waals surface area contributed by atoms with Gasteiger partial charge in [0.15, 0.2) is 17.0 Å². The molecule has 0 radical (unpaired) electrons. The van der Waals surface area contributed by atoms with Gasteiger partial charge in [-0.2, -0.15) is 0 Å². The quantitative estimate of drug-likeness (QED) is 0.103. The molecule has 1 spiro atoms. The van der Waals surface area contributed by atoms with Crippen LogP contribution in [0.2, 0.25) is 0 Å². The van der Waals surface area contributed by atoms with Crippen LogP contribution in [0.25, 0.3) is 6.08 Å². The molecule has 8 aliphatic rings. The molecule has 5 heterocycles. The summed E-state index contributed by atoms with van der Waals surface area (Å²) in [6.45, 7) is 15.1. The van der Waals surface area contributed by atoms with E-state index in [1.807, 2.05) is 71.0 Å². The summed E-state index contributed by atoms with van der Waals surface area (Å²) in [6, 6.07) is 7.83. The smallest absolute Gasteiger partial charge is 0.246 e. The summed E-state index contributed by atoms with van der Waals surface area (Å²) in [6.07, 6.45) is 4.27. The van der Waals surface area contributed by atoms with Gasteiger partial charge in [-0.05, 0) is 105 Å². The number of hydrogen-bond acceptors (Lipinski definition) is 14. The maximum atomic E-state index is 15.7. The maximum Gasteiger partial charge on any atom is 0.246 e. The third-order valence-electron chi connectivity index (χ3n) is 14.9. The van der Waals surface area contributed by atoms with E-state index in [0.717, 1.165) is 16.9 Å². The molecule has 2 aromatic rings. The van der Waals surface area contributed by atoms with E-state index in [4.69, 9.17) is 28.7 Å². The number of ether oxygens (including phenoxy) is 5. The summed E-state index contributed by atoms with van der Waals surface area (Å²) in [5.41, 5.74) is 0.859. The predicted octanol–water partition coefficient (Wildman–Crippen LogP) is 5.84. The van der Waals surface area contributed by atoms with Crippen LogP contribution >= 0.6 is 11.8 Å². The Labute approximate surface area is 396 Å². The number of nitrogens with zero attached hydrogens (tertiary/aromatic N) is 1. The number of carbonyl (C=O) groups excluding carboxylic acids is 2. The van der Waals surface area contributed by atoms with E-state index < -0.39 is 71.6 Å². The number of para-hydroxylation sites is 1. The first-order chi connectivity index (χ1) is 31.8. The fourth-order valence-electron chi connectivity index (χ4n) is 11.7. The molecular formula is C52H64N2O12S. The van der Waals surface area contributed by atoms with Crippen LogP contribution in [0.1, 0.15) is 97.8 Å². The number of thioether (sulfide) groups is 1. The van der Waals surface area contributed by atoms with Gasteiger partial charge in [-0.1, -0.05) is 41.5 Å². The third-order valence-corrected chi connectivity index (χ3v) is 16.4. The van der Waals surface area contributed by atoms with Crippen molar-refractivity contribution in [1.29, 1.82) is 0 Å². The lowest BCUT2D eigenvalue weighted by atomic mass is 9.46. The highest BCUT2D eigenvalue weighted by molar-refractivity contribution is 8.00. The summed E-state index contributed by atoms with van der Waals surface area (Å²) in [4.78, 5) is 35.5. The highest BCUT2D eigenvalue weighted by Gasteiger charge is 2.85. The molecule has 12 atom stereocenters. The fraction of sp³-hybridized carbons (Fsp3) is 0.558. The molecule has 0 aromatic heterocycles. The van der Waals surface area contributed by atoms with Gasteiger partial charge in [0.1, 0.15) is 47.3 Å². The van der Waals surface area contributed by atoms with Gasteiger partial charge in [0, 0.05) is 46.1 Å². The number of benzene rings is 2. The Bertz CT molecular complexity index is 2500. The van der Waals surface area contributed by atoms with Gasteiger partial charge in [0.2, 0.25) is 12.2 Å². The van der Waals surface area contributed by atoms with Crippen molar-refractivity contribution in [3.05, 3.63) is 82.0 Å². The molecule has 6 N–H and O–H groups in total. The molecule has 3 saturated carbocycles. The molecule has 1 amide bonds. The number of aliphatic hydroxyl groups is 5. The first kappa shape index (κ1) is 47.7. The van der Waals surface area contributed by atoms with Crippen molar-refractivity contribution in [1.82, 2.24) is 5.32 Å². The Morgan fingerprint density at radius 1 is 0.970 bits per heavy atom. The predicted molar refractivity (Wildman–Crippen MR) is 253 cm³/mol. The summed E-state index contributed by atoms with van der Waals surface area (Å²) < 4.78 is 35.4. The zero-order valence-corrected chi connectivity index (χ0v) is 40.3. The number of Topliss-reactive ketones (excluding diaryl/α,β-unsaturated/α-hetero) is 1. The number of aliphatic imine (C=N–C) groups is 1. The van der Waals surface area contributed by atoms with Crippen molar-refractivity contribution >= 4 is 40.9 Å². The van der Waals surface area contributed by atoms with Gasteiger partial charge in [0.05, 0.1) is 47.3 Å². The molecule has 5 fully saturated rings. The number of ketones is 1. The largest absolute Gasteiger partial charge is 0.482 e. The van der Waals surface area contributed by atoms with E-state index in [1.54, 1.807) is 24.8 Å². The lowest BCUT2D eigenvalue weighted by Crippen LogP contribution is -2.79. The standard InChI is InChI=1S/C52H64N2O12S/c1-26(2)12-11-19-50(8)20-18-30-42(64-50)29(16-15-27(3)4)44-36(43(30)63-48-41(59)40(58)39(57)33(25-56)62-48)38-37-45(67-34-14-10-9-13-32(34)54-38)31-24-35-49(6,7)66-51(46(31)60,52(35,37)65-44)21-17-28(5)47(61)53-22-23-55/h9-10,12-15,17-18,20,31,33,35,37,39-41,45,48,55-59H,11,16,19,21-25H2,1-8H3,(H,53,61)/t31?,33-,35?,37?,39-,40+,41-,45?,48+,50?,51?,52?/m0/s1. The molecule has 7 unspecified atom stereocenters. The van der Waals surface area contributed by atoms with E-state index in [0.29, 0.717) is 64.4 Å². The van der Waals surface area contributed by atoms with Crippen LogP contribution < -0.4 is 19.5 Å². The average molecular weight is 941 g/mol. The van der Waals surface area contributed by atoms with E-state index in [-0.39, 0.29) is 48.2 Å². The maximum absolute atomic E-state index is 15.7. The van der Waals surface area contributed by atoms with Crippen molar-refractivity contribution < 1.29 is 58.8 Å².